The average molecular weight is 308 g/mol. The van der Waals surface area contributed by atoms with E-state index in [0.29, 0.717) is 0 Å². The van der Waals surface area contributed by atoms with E-state index in [0.717, 1.165) is 0 Å². The molecule has 0 spiro atoms. The Bertz CT molecular complexity index is 757. The van der Waals surface area contributed by atoms with Crippen LogP contribution in [0.5, 0.6) is 0 Å². The van der Waals surface area contributed by atoms with Crippen LogP contribution < -0.4 is 5.73 Å². The number of hydrogen-bond acceptors (Lipinski definition) is 9. The van der Waals surface area contributed by atoms with Gasteiger partial charge in [-0.05, 0) is 10.6 Å². The SMILES string of the molecule is [N-]=[N+]=Nc1nc2c(N)ncnc2n1[C@@H]1O[C@H](CO)[C@H](O)[C@H]1O. The lowest BCUT2D eigenvalue weighted by Gasteiger charge is -2.17. The van der Waals surface area contributed by atoms with E-state index in [-0.39, 0.29) is 22.9 Å². The number of anilines is 1. The largest absolute Gasteiger partial charge is 0.394 e. The van der Waals surface area contributed by atoms with Crippen molar-refractivity contribution in [1.82, 2.24) is 19.5 Å². The number of imidazole rings is 1. The van der Waals surface area contributed by atoms with E-state index in [9.17, 15) is 10.2 Å². The first kappa shape index (κ1) is 14.4. The van der Waals surface area contributed by atoms with E-state index in [1.807, 2.05) is 0 Å². The van der Waals surface area contributed by atoms with Gasteiger partial charge in [0, 0.05) is 4.91 Å². The average Bonchev–Trinajstić information content (AvgIpc) is 3.00. The van der Waals surface area contributed by atoms with Gasteiger partial charge in [-0.3, -0.25) is 4.57 Å². The summed E-state index contributed by atoms with van der Waals surface area (Å²) in [7, 11) is 0. The Morgan fingerprint density at radius 1 is 1.41 bits per heavy atom. The number of aromatic nitrogens is 4. The fourth-order valence-corrected chi connectivity index (χ4v) is 2.35. The number of hydrogen-bond donors (Lipinski definition) is 4. The summed E-state index contributed by atoms with van der Waals surface area (Å²) in [6.07, 6.45) is -3.65. The molecule has 0 unspecified atom stereocenters. The molecule has 1 aliphatic heterocycles. The topological polar surface area (TPSA) is 188 Å². The van der Waals surface area contributed by atoms with Crippen LogP contribution in [0.4, 0.5) is 11.8 Å². The zero-order chi connectivity index (χ0) is 15.9. The minimum Gasteiger partial charge on any atom is -0.394 e. The molecule has 5 N–H and O–H groups in total. The van der Waals surface area contributed by atoms with Crippen molar-refractivity contribution in [3.05, 3.63) is 16.8 Å². The fourth-order valence-electron chi connectivity index (χ4n) is 2.35. The highest BCUT2D eigenvalue weighted by atomic mass is 16.6. The first-order valence-electron chi connectivity index (χ1n) is 6.24. The Morgan fingerprint density at radius 2 is 2.18 bits per heavy atom. The maximum atomic E-state index is 10.1. The van der Waals surface area contributed by atoms with Crippen LogP contribution in [0.15, 0.2) is 11.4 Å². The molecule has 4 atom stereocenters. The molecule has 0 saturated carbocycles. The monoisotopic (exact) mass is 308 g/mol. The van der Waals surface area contributed by atoms with Crippen LogP contribution in [0.1, 0.15) is 6.23 Å². The molecular weight excluding hydrogens is 296 g/mol. The van der Waals surface area contributed by atoms with E-state index >= 15 is 0 Å². The van der Waals surface area contributed by atoms with Gasteiger partial charge in [0.05, 0.1) is 6.61 Å². The van der Waals surface area contributed by atoms with Crippen LogP contribution >= 0.6 is 0 Å². The van der Waals surface area contributed by atoms with Crippen LogP contribution in [-0.4, -0.2) is 59.8 Å². The summed E-state index contributed by atoms with van der Waals surface area (Å²) < 4.78 is 6.61. The van der Waals surface area contributed by atoms with Gasteiger partial charge in [-0.2, -0.15) is 0 Å². The molecule has 1 aliphatic rings. The van der Waals surface area contributed by atoms with Gasteiger partial charge in [0.15, 0.2) is 23.2 Å². The van der Waals surface area contributed by atoms with E-state index in [2.05, 4.69) is 25.0 Å². The molecule has 0 radical (unpaired) electrons. The third-order valence-corrected chi connectivity index (χ3v) is 3.39. The van der Waals surface area contributed by atoms with Gasteiger partial charge in [-0.1, -0.05) is 0 Å². The van der Waals surface area contributed by atoms with Gasteiger partial charge < -0.3 is 25.8 Å². The zero-order valence-electron chi connectivity index (χ0n) is 11.1. The molecule has 0 amide bonds. The molecule has 22 heavy (non-hydrogen) atoms. The first-order chi connectivity index (χ1) is 10.6. The fraction of sp³-hybridized carbons (Fsp3) is 0.500. The highest BCUT2D eigenvalue weighted by Gasteiger charge is 2.44. The predicted octanol–water partition coefficient (Wildman–Crippen LogP) is -1.04. The number of nitrogens with zero attached hydrogens (tertiary/aromatic N) is 7. The Morgan fingerprint density at radius 3 is 2.82 bits per heavy atom. The van der Waals surface area contributed by atoms with E-state index in [4.69, 9.17) is 21.1 Å². The predicted molar refractivity (Wildman–Crippen MR) is 71.6 cm³/mol. The molecule has 3 rings (SSSR count). The first-order valence-corrected chi connectivity index (χ1v) is 6.24. The number of nitrogens with two attached hydrogens (primary N) is 1. The summed E-state index contributed by atoms with van der Waals surface area (Å²) >= 11 is 0. The minimum atomic E-state index is -1.38. The second kappa shape index (κ2) is 5.36. The molecule has 3 heterocycles. The van der Waals surface area contributed by atoms with Crippen molar-refractivity contribution in [1.29, 1.82) is 0 Å². The molecule has 12 heteroatoms. The van der Waals surface area contributed by atoms with E-state index < -0.39 is 31.1 Å². The summed E-state index contributed by atoms with van der Waals surface area (Å²) in [6.45, 7) is -0.491. The van der Waals surface area contributed by atoms with Gasteiger partial charge in [0.2, 0.25) is 5.95 Å². The zero-order valence-corrected chi connectivity index (χ0v) is 11.1. The van der Waals surface area contributed by atoms with Crippen LogP contribution in [-0.2, 0) is 4.74 Å². The van der Waals surface area contributed by atoms with Crippen LogP contribution in [0, 0.1) is 0 Å². The molecule has 116 valence electrons. The number of rotatable bonds is 3. The molecule has 1 saturated heterocycles. The standard InChI is InChI=1S/C10H12N8O4/c11-7-4-8(14-2-13-7)18(10(15-4)16-17-12)9-6(21)5(20)3(1-19)22-9/h2-3,5-6,9,19-21H,1H2,(H2,11,13,14)/t3-,5+,6-,9-/m1/s1. The molecule has 2 aromatic heterocycles. The Labute approximate surface area is 122 Å². The summed E-state index contributed by atoms with van der Waals surface area (Å²) in [5.74, 6) is -0.0931. The number of fused-ring (bicyclic) bond motifs is 1. The van der Waals surface area contributed by atoms with Crippen LogP contribution in [0.25, 0.3) is 21.6 Å². The molecule has 2 aromatic rings. The lowest BCUT2D eigenvalue weighted by molar-refractivity contribution is -0.0502. The lowest BCUT2D eigenvalue weighted by Crippen LogP contribution is -2.33. The third-order valence-electron chi connectivity index (χ3n) is 3.39. The smallest absolute Gasteiger partial charge is 0.201 e. The van der Waals surface area contributed by atoms with Gasteiger partial charge in [-0.15, -0.1) is 0 Å². The lowest BCUT2D eigenvalue weighted by atomic mass is 10.1. The van der Waals surface area contributed by atoms with E-state index in [1.54, 1.807) is 0 Å². The second-order valence-electron chi connectivity index (χ2n) is 4.63. The molecule has 0 aromatic carbocycles. The molecule has 0 aliphatic carbocycles. The quantitative estimate of drug-likeness (QED) is 0.314. The number of aliphatic hydroxyl groups excluding tert-OH is 3. The number of aliphatic hydroxyl groups is 3. The van der Waals surface area contributed by atoms with Crippen molar-refractivity contribution in [3.63, 3.8) is 0 Å². The van der Waals surface area contributed by atoms with Crippen molar-refractivity contribution in [2.75, 3.05) is 12.3 Å². The van der Waals surface area contributed by atoms with Crippen molar-refractivity contribution in [2.24, 2.45) is 5.11 Å². The molecule has 0 bridgehead atoms. The maximum absolute atomic E-state index is 10.1. The highest BCUT2D eigenvalue weighted by Crippen LogP contribution is 2.35. The summed E-state index contributed by atoms with van der Waals surface area (Å²) in [4.78, 5) is 14.4. The number of azide groups is 1. The van der Waals surface area contributed by atoms with Crippen molar-refractivity contribution < 1.29 is 20.1 Å². The van der Waals surface area contributed by atoms with Crippen molar-refractivity contribution in [2.45, 2.75) is 24.5 Å². The Balaban J connectivity index is 2.19. The number of nitrogen functional groups attached to an aromatic ring is 1. The molecular formula is C10H12N8O4. The van der Waals surface area contributed by atoms with Gasteiger partial charge >= 0.3 is 0 Å². The minimum absolute atomic E-state index is 0.0601. The van der Waals surface area contributed by atoms with Crippen molar-refractivity contribution in [3.8, 4) is 0 Å². The highest BCUT2D eigenvalue weighted by molar-refractivity contribution is 5.83. The van der Waals surface area contributed by atoms with Crippen LogP contribution in [0.2, 0.25) is 0 Å². The van der Waals surface area contributed by atoms with Crippen molar-refractivity contribution >= 4 is 22.9 Å². The van der Waals surface area contributed by atoms with Gasteiger partial charge in [0.25, 0.3) is 0 Å². The van der Waals surface area contributed by atoms with Crippen LogP contribution in [0.3, 0.4) is 0 Å². The summed E-state index contributed by atoms with van der Waals surface area (Å²) in [5, 5.41) is 32.5. The summed E-state index contributed by atoms with van der Waals surface area (Å²) in [6, 6.07) is 0. The number of ether oxygens (including phenoxy) is 1. The van der Waals surface area contributed by atoms with Gasteiger partial charge in [-0.25, -0.2) is 15.0 Å². The maximum Gasteiger partial charge on any atom is 0.201 e. The normalized spacial score (nSPS) is 28.0. The summed E-state index contributed by atoms with van der Waals surface area (Å²) in [5.41, 5.74) is 14.7. The molecule has 12 nitrogen and oxygen atoms in total. The molecule has 1 fully saturated rings. The second-order valence-corrected chi connectivity index (χ2v) is 4.63. The Kier molecular flexibility index (Phi) is 3.52. The Hall–Kier alpha value is -2.50. The third kappa shape index (κ3) is 2.03. The van der Waals surface area contributed by atoms with E-state index in [1.165, 1.54) is 10.9 Å². The van der Waals surface area contributed by atoms with Gasteiger partial charge in [0.1, 0.15) is 24.6 Å².